The van der Waals surface area contributed by atoms with Gasteiger partial charge in [0.15, 0.2) is 5.82 Å². The third kappa shape index (κ3) is 2.64. The van der Waals surface area contributed by atoms with Gasteiger partial charge in [0, 0.05) is 5.02 Å². The maximum absolute atomic E-state index is 13.5. The molecule has 0 unspecified atom stereocenters. The first-order valence-electron chi connectivity index (χ1n) is 4.06. The van der Waals surface area contributed by atoms with Crippen molar-refractivity contribution in [2.45, 2.75) is 4.90 Å². The van der Waals surface area contributed by atoms with E-state index in [1.54, 1.807) is 0 Å². The number of nitrogen functional groups attached to an aromatic ring is 1. The maximum atomic E-state index is 13.5. The molecule has 16 heavy (non-hydrogen) atoms. The van der Waals surface area contributed by atoms with E-state index < -0.39 is 20.7 Å². The molecule has 0 aliphatic carbocycles. The maximum Gasteiger partial charge on any atom is 0.244 e. The van der Waals surface area contributed by atoms with Gasteiger partial charge in [-0.15, -0.1) is 6.42 Å². The number of benzene rings is 1. The van der Waals surface area contributed by atoms with Gasteiger partial charge in [-0.05, 0) is 12.1 Å². The van der Waals surface area contributed by atoms with Crippen LogP contribution in [0.25, 0.3) is 0 Å². The van der Waals surface area contributed by atoms with Crippen molar-refractivity contribution in [3.05, 3.63) is 23.0 Å². The molecule has 7 heteroatoms. The molecule has 0 amide bonds. The van der Waals surface area contributed by atoms with Crippen LogP contribution < -0.4 is 10.5 Å². The highest BCUT2D eigenvalue weighted by Crippen LogP contribution is 2.24. The third-order valence-electron chi connectivity index (χ3n) is 1.69. The minimum atomic E-state index is -4.03. The quantitative estimate of drug-likeness (QED) is 0.630. The van der Waals surface area contributed by atoms with E-state index in [0.29, 0.717) is 0 Å². The van der Waals surface area contributed by atoms with E-state index in [0.717, 1.165) is 12.1 Å². The number of nitrogens with one attached hydrogen (secondary N) is 1. The van der Waals surface area contributed by atoms with Crippen molar-refractivity contribution in [1.29, 1.82) is 0 Å². The summed E-state index contributed by atoms with van der Waals surface area (Å²) in [5, 5.41) is 0.0278. The summed E-state index contributed by atoms with van der Waals surface area (Å²) in [6.07, 6.45) is 4.89. The predicted octanol–water partition coefficient (Wildman–Crippen LogP) is 0.973. The van der Waals surface area contributed by atoms with Gasteiger partial charge in [0.1, 0.15) is 4.90 Å². The average Bonchev–Trinajstić information content (AvgIpc) is 2.20. The van der Waals surface area contributed by atoms with Gasteiger partial charge < -0.3 is 5.73 Å². The van der Waals surface area contributed by atoms with Crippen molar-refractivity contribution < 1.29 is 12.8 Å². The van der Waals surface area contributed by atoms with E-state index in [1.165, 1.54) is 0 Å². The highest BCUT2D eigenvalue weighted by molar-refractivity contribution is 7.89. The molecular weight excluding hydrogens is 255 g/mol. The molecule has 0 spiro atoms. The van der Waals surface area contributed by atoms with Gasteiger partial charge in [-0.2, -0.15) is 4.72 Å². The molecule has 0 radical (unpaired) electrons. The van der Waals surface area contributed by atoms with Crippen LogP contribution in [0.5, 0.6) is 0 Å². The summed E-state index contributed by atoms with van der Waals surface area (Å²) in [4.78, 5) is -0.618. The fourth-order valence-corrected chi connectivity index (χ4v) is 2.35. The van der Waals surface area contributed by atoms with Gasteiger partial charge in [0.2, 0.25) is 10.0 Å². The first-order valence-corrected chi connectivity index (χ1v) is 5.92. The van der Waals surface area contributed by atoms with Gasteiger partial charge in [-0.25, -0.2) is 12.8 Å². The van der Waals surface area contributed by atoms with Crippen LogP contribution in [0.2, 0.25) is 5.02 Å². The van der Waals surface area contributed by atoms with Gasteiger partial charge in [-0.1, -0.05) is 17.5 Å². The van der Waals surface area contributed by atoms with Gasteiger partial charge >= 0.3 is 0 Å². The zero-order valence-electron chi connectivity index (χ0n) is 8.00. The summed E-state index contributed by atoms with van der Waals surface area (Å²) >= 11 is 5.58. The summed E-state index contributed by atoms with van der Waals surface area (Å²) in [5.41, 5.74) is 4.92. The second-order valence-electron chi connectivity index (χ2n) is 2.84. The first kappa shape index (κ1) is 12.8. The number of halogens is 2. The fraction of sp³-hybridized carbons (Fsp3) is 0.111. The lowest BCUT2D eigenvalue weighted by atomic mass is 10.3. The van der Waals surface area contributed by atoms with Crippen LogP contribution >= 0.6 is 11.6 Å². The molecule has 0 aliphatic rings. The third-order valence-corrected chi connectivity index (χ3v) is 3.30. The Hall–Kier alpha value is -1.29. The Labute approximate surface area is 97.6 Å². The minimum Gasteiger partial charge on any atom is -0.396 e. The molecule has 4 nitrogen and oxygen atoms in total. The van der Waals surface area contributed by atoms with E-state index in [2.05, 4.69) is 5.92 Å². The molecule has 1 aromatic carbocycles. The molecule has 0 aliphatic heterocycles. The summed E-state index contributed by atoms with van der Waals surface area (Å²) in [5.74, 6) is 1.02. The van der Waals surface area contributed by atoms with Crippen LogP contribution in [0.1, 0.15) is 0 Å². The van der Waals surface area contributed by atoms with Crippen LogP contribution in [0, 0.1) is 18.2 Å². The lowest BCUT2D eigenvalue weighted by Crippen LogP contribution is -2.25. The van der Waals surface area contributed by atoms with E-state index in [4.69, 9.17) is 23.8 Å². The average molecular weight is 263 g/mol. The van der Waals surface area contributed by atoms with Crippen LogP contribution in [-0.2, 0) is 10.0 Å². The Bertz CT molecular complexity index is 551. The fourth-order valence-electron chi connectivity index (χ4n) is 0.994. The Kier molecular flexibility index (Phi) is 3.75. The first-order chi connectivity index (χ1) is 7.38. The Morgan fingerprint density at radius 2 is 2.19 bits per heavy atom. The molecular formula is C9H8ClFN2O2S. The molecule has 0 atom stereocenters. The van der Waals surface area contributed by atoms with Crippen LogP contribution in [0.3, 0.4) is 0 Å². The van der Waals surface area contributed by atoms with Crippen molar-refractivity contribution in [2.75, 3.05) is 12.3 Å². The van der Waals surface area contributed by atoms with Crippen LogP contribution in [0.15, 0.2) is 17.0 Å². The van der Waals surface area contributed by atoms with Crippen molar-refractivity contribution in [3.63, 3.8) is 0 Å². The summed E-state index contributed by atoms with van der Waals surface area (Å²) < 4.78 is 38.6. The molecule has 0 bridgehead atoms. The predicted molar refractivity (Wildman–Crippen MR) is 59.8 cm³/mol. The standard InChI is InChI=1S/C9H8ClFN2O2S/c1-2-3-13-16(14,15)8-5-6(10)4-7(12)9(8)11/h1,4-5,13H,3,12H2. The number of sulfonamides is 1. The van der Waals surface area contributed by atoms with E-state index >= 15 is 0 Å². The number of anilines is 1. The Morgan fingerprint density at radius 1 is 1.56 bits per heavy atom. The van der Waals surface area contributed by atoms with E-state index in [9.17, 15) is 12.8 Å². The molecule has 86 valence electrons. The topological polar surface area (TPSA) is 72.2 Å². The minimum absolute atomic E-state index is 0.0278. The zero-order valence-corrected chi connectivity index (χ0v) is 9.57. The molecule has 0 fully saturated rings. The Balaban J connectivity index is 3.29. The highest BCUT2D eigenvalue weighted by atomic mass is 35.5. The zero-order chi connectivity index (χ0) is 12.3. The van der Waals surface area contributed by atoms with E-state index in [-0.39, 0.29) is 17.3 Å². The van der Waals surface area contributed by atoms with Gasteiger partial charge in [-0.3, -0.25) is 0 Å². The second kappa shape index (κ2) is 4.70. The molecule has 3 N–H and O–H groups in total. The number of rotatable bonds is 3. The molecule has 0 aromatic heterocycles. The van der Waals surface area contributed by atoms with Crippen molar-refractivity contribution in [2.24, 2.45) is 0 Å². The summed E-state index contributed by atoms with van der Waals surface area (Å²) in [6, 6.07) is 2.09. The second-order valence-corrected chi connectivity index (χ2v) is 5.01. The number of terminal acetylenes is 1. The molecule has 1 aromatic rings. The highest BCUT2D eigenvalue weighted by Gasteiger charge is 2.20. The normalized spacial score (nSPS) is 11.1. The SMILES string of the molecule is C#CCNS(=O)(=O)c1cc(Cl)cc(N)c1F. The molecule has 0 heterocycles. The summed E-state index contributed by atoms with van der Waals surface area (Å²) in [7, 11) is -4.03. The molecule has 0 saturated heterocycles. The van der Waals surface area contributed by atoms with Crippen molar-refractivity contribution in [1.82, 2.24) is 4.72 Å². The van der Waals surface area contributed by atoms with E-state index in [1.807, 2.05) is 4.72 Å². The Morgan fingerprint density at radius 3 is 2.75 bits per heavy atom. The molecule has 0 saturated carbocycles. The van der Waals surface area contributed by atoms with Crippen molar-refractivity contribution in [3.8, 4) is 12.3 Å². The van der Waals surface area contributed by atoms with Crippen LogP contribution in [-0.4, -0.2) is 15.0 Å². The lowest BCUT2D eigenvalue weighted by Gasteiger charge is -2.07. The van der Waals surface area contributed by atoms with Crippen molar-refractivity contribution >= 4 is 27.3 Å². The largest absolute Gasteiger partial charge is 0.396 e. The summed E-state index contributed by atoms with van der Waals surface area (Å²) in [6.45, 7) is -0.242. The molecule has 1 rings (SSSR count). The monoisotopic (exact) mass is 262 g/mol. The number of hydrogen-bond donors (Lipinski definition) is 2. The number of nitrogens with two attached hydrogens (primary N) is 1. The smallest absolute Gasteiger partial charge is 0.244 e. The van der Waals surface area contributed by atoms with Gasteiger partial charge in [0.25, 0.3) is 0 Å². The lowest BCUT2D eigenvalue weighted by molar-refractivity contribution is 0.562. The van der Waals surface area contributed by atoms with Crippen LogP contribution in [0.4, 0.5) is 10.1 Å². The number of hydrogen-bond acceptors (Lipinski definition) is 3. The van der Waals surface area contributed by atoms with Gasteiger partial charge in [0.05, 0.1) is 12.2 Å².